The molecule has 3 aromatic carbocycles. The minimum Gasteiger partial charge on any atom is -0.497 e. The second-order valence-electron chi connectivity index (χ2n) is 11.0. The summed E-state index contributed by atoms with van der Waals surface area (Å²) in [5.74, 6) is 1.20. The lowest BCUT2D eigenvalue weighted by molar-refractivity contribution is 0.0951. The number of benzene rings is 3. The first-order chi connectivity index (χ1) is 22.7. The number of carboxylic acid groups (broad SMARTS) is 1. The van der Waals surface area contributed by atoms with Gasteiger partial charge in [0, 0.05) is 29.6 Å². The van der Waals surface area contributed by atoms with Crippen molar-refractivity contribution in [2.45, 2.75) is 40.2 Å². The topological polar surface area (TPSA) is 129 Å². The Kier molecular flexibility index (Phi) is 12.1. The Balaban J connectivity index is 1.66. The van der Waals surface area contributed by atoms with Gasteiger partial charge in [0.15, 0.2) is 0 Å². The number of carbonyl (C=O) groups is 2. The fourth-order valence-electron chi connectivity index (χ4n) is 5.63. The normalized spacial score (nSPS) is 11.6. The van der Waals surface area contributed by atoms with Gasteiger partial charge in [0.1, 0.15) is 17.3 Å². The number of aryl methyl sites for hydroxylation is 2. The number of aromatic nitrogens is 2. The molecule has 11 heteroatoms. The van der Waals surface area contributed by atoms with Gasteiger partial charge in [-0.05, 0) is 99.1 Å². The van der Waals surface area contributed by atoms with Crippen LogP contribution in [0.2, 0.25) is 0 Å². The van der Waals surface area contributed by atoms with Crippen LogP contribution in [0.5, 0.6) is 11.5 Å². The molecule has 0 aliphatic heterocycles. The predicted octanol–water partition coefficient (Wildman–Crippen LogP) is 6.59. The van der Waals surface area contributed by atoms with Crippen LogP contribution in [-0.2, 0) is 0 Å². The van der Waals surface area contributed by atoms with Gasteiger partial charge >= 0.3 is 6.09 Å². The number of nitrogens with one attached hydrogen (secondary N) is 2. The van der Waals surface area contributed by atoms with Gasteiger partial charge in [0.05, 0.1) is 20.3 Å². The molecule has 0 fully saturated rings. The van der Waals surface area contributed by atoms with E-state index in [1.807, 2.05) is 32.0 Å². The van der Waals surface area contributed by atoms with Crippen molar-refractivity contribution in [3.63, 3.8) is 0 Å². The van der Waals surface area contributed by atoms with Crippen LogP contribution in [0.4, 0.5) is 22.2 Å². The zero-order chi connectivity index (χ0) is 33.9. The summed E-state index contributed by atoms with van der Waals surface area (Å²) in [6.45, 7) is 11.6. The van der Waals surface area contributed by atoms with Crippen molar-refractivity contribution in [1.82, 2.24) is 20.2 Å². The highest BCUT2D eigenvalue weighted by Gasteiger charge is 2.34. The van der Waals surface area contributed by atoms with Crippen LogP contribution in [0.25, 0.3) is 0 Å². The van der Waals surface area contributed by atoms with E-state index in [0.717, 1.165) is 42.7 Å². The molecule has 0 radical (unpaired) electrons. The molecule has 1 aromatic heterocycles. The number of carbonyl (C=O) groups excluding carboxylic acids is 1. The van der Waals surface area contributed by atoms with E-state index in [-0.39, 0.29) is 17.7 Å². The van der Waals surface area contributed by atoms with E-state index in [2.05, 4.69) is 39.3 Å². The summed E-state index contributed by atoms with van der Waals surface area (Å²) in [6.07, 6.45) is 1.14. The highest BCUT2D eigenvalue weighted by Crippen LogP contribution is 2.41. The molecule has 0 spiro atoms. The minimum atomic E-state index is -1.22. The van der Waals surface area contributed by atoms with Crippen molar-refractivity contribution in [3.05, 3.63) is 101 Å². The lowest BCUT2D eigenvalue weighted by Crippen LogP contribution is -2.36. The molecular weight excluding hydrogens is 596 g/mol. The lowest BCUT2D eigenvalue weighted by atomic mass is 9.89. The first-order valence-corrected chi connectivity index (χ1v) is 15.7. The quantitative estimate of drug-likeness (QED) is 0.123. The predicted molar refractivity (Wildman–Crippen MR) is 184 cm³/mol. The Hall–Kier alpha value is -5.16. The average Bonchev–Trinajstić information content (AvgIpc) is 3.07. The number of hydrogen-bond acceptors (Lipinski definition) is 8. The number of nitrogens with zero attached hydrogens (tertiary/aromatic N) is 4. The van der Waals surface area contributed by atoms with Gasteiger partial charge in [-0.1, -0.05) is 38.1 Å². The maximum atomic E-state index is 13.2. The van der Waals surface area contributed by atoms with Crippen LogP contribution in [0, 0.1) is 13.8 Å². The molecule has 248 valence electrons. The van der Waals surface area contributed by atoms with Gasteiger partial charge in [-0.15, -0.1) is 0 Å². The van der Waals surface area contributed by atoms with E-state index in [1.165, 1.54) is 11.1 Å². The average molecular weight is 641 g/mol. The molecule has 47 heavy (non-hydrogen) atoms. The standard InChI is InChI=1S/C36H44N6O5/c1-7-41(8-2)21-11-19-37-34(43)26-14-10-15-27(22-26)39-35-38-20-18-31(40-35)42(36(44)45)33(32-24(3)12-9-13-25(32)4)29-23-28(46-5)16-17-30(29)47-6/h9-10,12-18,20,22-23,33H,7-8,11,19,21H2,1-6H3,(H,37,43)(H,44,45)(H,38,39,40). The molecular formula is C36H44N6O5. The third kappa shape index (κ3) is 8.56. The Bertz CT molecular complexity index is 1660. The monoisotopic (exact) mass is 640 g/mol. The highest BCUT2D eigenvalue weighted by atomic mass is 16.5. The molecule has 2 amide bonds. The Morgan fingerprint density at radius 1 is 0.936 bits per heavy atom. The van der Waals surface area contributed by atoms with Crippen molar-refractivity contribution < 1.29 is 24.2 Å². The number of amides is 2. The summed E-state index contributed by atoms with van der Waals surface area (Å²) in [5, 5.41) is 16.9. The number of hydrogen-bond donors (Lipinski definition) is 3. The molecule has 3 N–H and O–H groups in total. The second-order valence-corrected chi connectivity index (χ2v) is 11.0. The SMILES string of the molecule is CCN(CC)CCCNC(=O)c1cccc(Nc2nccc(N(C(=O)O)C(c3cc(OC)ccc3OC)c3c(C)cccc3C)n2)c1. The van der Waals surface area contributed by atoms with Crippen molar-refractivity contribution in [2.75, 3.05) is 50.6 Å². The smallest absolute Gasteiger partial charge is 0.413 e. The summed E-state index contributed by atoms with van der Waals surface area (Å²) < 4.78 is 11.2. The number of rotatable bonds is 15. The van der Waals surface area contributed by atoms with Crippen molar-refractivity contribution in [2.24, 2.45) is 0 Å². The van der Waals surface area contributed by atoms with Gasteiger partial charge in [-0.2, -0.15) is 4.98 Å². The largest absolute Gasteiger partial charge is 0.497 e. The Morgan fingerprint density at radius 2 is 1.66 bits per heavy atom. The summed E-state index contributed by atoms with van der Waals surface area (Å²) in [7, 11) is 3.11. The molecule has 1 unspecified atom stereocenters. The highest BCUT2D eigenvalue weighted by molar-refractivity contribution is 5.95. The fourth-order valence-corrected chi connectivity index (χ4v) is 5.63. The van der Waals surface area contributed by atoms with Crippen LogP contribution in [0.3, 0.4) is 0 Å². The third-order valence-corrected chi connectivity index (χ3v) is 8.11. The maximum Gasteiger partial charge on any atom is 0.413 e. The molecule has 0 aliphatic rings. The zero-order valence-electron chi connectivity index (χ0n) is 27.9. The minimum absolute atomic E-state index is 0.148. The lowest BCUT2D eigenvalue weighted by Gasteiger charge is -2.32. The second kappa shape index (κ2) is 16.4. The summed E-state index contributed by atoms with van der Waals surface area (Å²) in [4.78, 5) is 38.5. The van der Waals surface area contributed by atoms with Crippen LogP contribution in [0.1, 0.15) is 58.9 Å². The van der Waals surface area contributed by atoms with E-state index in [0.29, 0.717) is 34.9 Å². The number of methoxy groups -OCH3 is 2. The third-order valence-electron chi connectivity index (χ3n) is 8.11. The van der Waals surface area contributed by atoms with Crippen LogP contribution in [-0.4, -0.2) is 72.4 Å². The summed E-state index contributed by atoms with van der Waals surface area (Å²) >= 11 is 0. The molecule has 0 bridgehead atoms. The molecule has 4 rings (SSSR count). The molecule has 1 atom stereocenters. The molecule has 4 aromatic rings. The summed E-state index contributed by atoms with van der Waals surface area (Å²) in [5.41, 5.74) is 4.27. The van der Waals surface area contributed by atoms with Gasteiger partial charge in [-0.3, -0.25) is 4.79 Å². The fraction of sp³-hybridized carbons (Fsp3) is 0.333. The van der Waals surface area contributed by atoms with E-state index >= 15 is 0 Å². The van der Waals surface area contributed by atoms with Crippen molar-refractivity contribution in [1.29, 1.82) is 0 Å². The van der Waals surface area contributed by atoms with Crippen LogP contribution in [0.15, 0.2) is 72.9 Å². The Labute approximate surface area is 276 Å². The van der Waals surface area contributed by atoms with Gasteiger partial charge < -0.3 is 30.1 Å². The molecule has 0 aliphatic carbocycles. The first-order valence-electron chi connectivity index (χ1n) is 15.7. The van der Waals surface area contributed by atoms with Gasteiger partial charge in [-0.25, -0.2) is 14.7 Å². The van der Waals surface area contributed by atoms with E-state index in [1.54, 1.807) is 62.8 Å². The number of ether oxygens (including phenoxy) is 2. The van der Waals surface area contributed by atoms with E-state index in [9.17, 15) is 14.7 Å². The van der Waals surface area contributed by atoms with Crippen LogP contribution >= 0.6 is 0 Å². The van der Waals surface area contributed by atoms with Gasteiger partial charge in [0.2, 0.25) is 5.95 Å². The van der Waals surface area contributed by atoms with E-state index < -0.39 is 12.1 Å². The van der Waals surface area contributed by atoms with Crippen molar-refractivity contribution in [3.8, 4) is 11.5 Å². The molecule has 0 saturated carbocycles. The van der Waals surface area contributed by atoms with Crippen LogP contribution < -0.4 is 25.0 Å². The molecule has 1 heterocycles. The zero-order valence-corrected chi connectivity index (χ0v) is 27.9. The van der Waals surface area contributed by atoms with Gasteiger partial charge in [0.25, 0.3) is 5.91 Å². The summed E-state index contributed by atoms with van der Waals surface area (Å²) in [6, 6.07) is 18.9. The van der Waals surface area contributed by atoms with Crippen molar-refractivity contribution >= 4 is 29.5 Å². The first kappa shape index (κ1) is 34.7. The van der Waals surface area contributed by atoms with E-state index in [4.69, 9.17) is 9.47 Å². The molecule has 11 nitrogen and oxygen atoms in total. The maximum absolute atomic E-state index is 13.2. The Morgan fingerprint density at radius 3 is 2.32 bits per heavy atom. The molecule has 0 saturated heterocycles. The number of anilines is 3.